The Hall–Kier alpha value is -8.25. The van der Waals surface area contributed by atoms with Crippen molar-refractivity contribution in [2.75, 3.05) is 4.90 Å². The molecule has 12 aromatic rings. The normalized spacial score (nSPS) is 12.7. The molecule has 0 unspecified atom stereocenters. The maximum absolute atomic E-state index is 5.22. The van der Waals surface area contributed by atoms with Crippen LogP contribution < -0.4 is 4.90 Å². The molecule has 316 valence electrons. The molecule has 0 aliphatic heterocycles. The van der Waals surface area contributed by atoms with Crippen LogP contribution in [0.4, 0.5) is 17.1 Å². The van der Waals surface area contributed by atoms with Crippen LogP contribution in [0.3, 0.4) is 0 Å². The van der Waals surface area contributed by atoms with E-state index in [2.05, 4.69) is 219 Å². The highest BCUT2D eigenvalue weighted by Gasteiger charge is 2.35. The number of hydrogen-bond acceptors (Lipinski definition) is 5. The summed E-state index contributed by atoms with van der Waals surface area (Å²) in [5.41, 5.74) is 13.7. The molecule has 0 saturated heterocycles. The summed E-state index contributed by atoms with van der Waals surface area (Å²) in [6, 6.07) is 78.6. The van der Waals surface area contributed by atoms with E-state index >= 15 is 0 Å². The third-order valence-electron chi connectivity index (χ3n) is 13.7. The lowest BCUT2D eigenvalue weighted by Crippen LogP contribution is -2.16. The van der Waals surface area contributed by atoms with Crippen molar-refractivity contribution in [2.45, 2.75) is 19.3 Å². The zero-order valence-corrected chi connectivity index (χ0v) is 37.8. The van der Waals surface area contributed by atoms with Crippen LogP contribution in [0.5, 0.6) is 0 Å². The first-order chi connectivity index (χ1) is 32.9. The highest BCUT2D eigenvalue weighted by molar-refractivity contribution is 7.26. The minimum Gasteiger partial charge on any atom is -0.310 e. The Labute approximate surface area is 393 Å². The summed E-state index contributed by atoms with van der Waals surface area (Å²) in [6.07, 6.45) is 0. The summed E-state index contributed by atoms with van der Waals surface area (Å²) >= 11 is 1.85. The van der Waals surface area contributed by atoms with Crippen LogP contribution in [0.25, 0.3) is 98.1 Å². The van der Waals surface area contributed by atoms with Crippen molar-refractivity contribution in [3.8, 4) is 56.4 Å². The van der Waals surface area contributed by atoms with E-state index in [0.717, 1.165) is 55.7 Å². The van der Waals surface area contributed by atoms with Gasteiger partial charge in [0.1, 0.15) is 0 Å². The number of rotatable bonds is 7. The van der Waals surface area contributed by atoms with Gasteiger partial charge >= 0.3 is 0 Å². The molecule has 0 amide bonds. The molecule has 0 fully saturated rings. The molecule has 67 heavy (non-hydrogen) atoms. The predicted molar refractivity (Wildman–Crippen MR) is 282 cm³/mol. The maximum atomic E-state index is 5.22. The average molecular weight is 875 g/mol. The Kier molecular flexibility index (Phi) is 9.02. The number of aromatic nitrogens is 3. The highest BCUT2D eigenvalue weighted by Crippen LogP contribution is 2.51. The molecule has 2 heterocycles. The Morgan fingerprint density at radius 3 is 1.76 bits per heavy atom. The minimum absolute atomic E-state index is 0.110. The van der Waals surface area contributed by atoms with E-state index in [1.54, 1.807) is 0 Å². The molecule has 0 spiro atoms. The highest BCUT2D eigenvalue weighted by atomic mass is 32.1. The first-order valence-corrected chi connectivity index (χ1v) is 23.7. The Balaban J connectivity index is 0.970. The van der Waals surface area contributed by atoms with Gasteiger partial charge in [0, 0.05) is 64.7 Å². The second-order valence-corrected chi connectivity index (χ2v) is 19.1. The van der Waals surface area contributed by atoms with E-state index in [0.29, 0.717) is 17.5 Å². The van der Waals surface area contributed by atoms with Gasteiger partial charge in [-0.1, -0.05) is 172 Å². The topological polar surface area (TPSA) is 41.9 Å². The van der Waals surface area contributed by atoms with Crippen molar-refractivity contribution in [3.63, 3.8) is 0 Å². The number of anilines is 3. The van der Waals surface area contributed by atoms with Gasteiger partial charge in [-0.2, -0.15) is 0 Å². The van der Waals surface area contributed by atoms with E-state index in [-0.39, 0.29) is 5.41 Å². The number of thiophene rings is 1. The largest absolute Gasteiger partial charge is 0.310 e. The molecule has 10 aromatic carbocycles. The Bertz CT molecular complexity index is 3890. The number of fused-ring (bicyclic) bond motifs is 9. The first kappa shape index (κ1) is 39.1. The van der Waals surface area contributed by atoms with Gasteiger partial charge in [0.2, 0.25) is 0 Å². The molecule has 0 saturated carbocycles. The van der Waals surface area contributed by atoms with Crippen LogP contribution in [0.1, 0.15) is 25.0 Å². The first-order valence-electron chi connectivity index (χ1n) is 22.8. The van der Waals surface area contributed by atoms with Gasteiger partial charge in [0.25, 0.3) is 0 Å². The summed E-state index contributed by atoms with van der Waals surface area (Å²) in [5, 5.41) is 7.22. The van der Waals surface area contributed by atoms with Crippen molar-refractivity contribution in [3.05, 3.63) is 230 Å². The number of hydrogen-bond donors (Lipinski definition) is 0. The van der Waals surface area contributed by atoms with Gasteiger partial charge in [0.15, 0.2) is 17.5 Å². The van der Waals surface area contributed by atoms with Gasteiger partial charge in [0.05, 0.1) is 0 Å². The number of nitrogens with zero attached hydrogens (tertiary/aromatic N) is 4. The van der Waals surface area contributed by atoms with E-state index in [4.69, 9.17) is 15.0 Å². The van der Waals surface area contributed by atoms with Crippen molar-refractivity contribution < 1.29 is 0 Å². The zero-order chi connectivity index (χ0) is 44.6. The van der Waals surface area contributed by atoms with Gasteiger partial charge in [-0.25, -0.2) is 15.0 Å². The summed E-state index contributed by atoms with van der Waals surface area (Å²) in [4.78, 5) is 17.8. The fraction of sp³-hybridized carbons (Fsp3) is 0.0484. The van der Waals surface area contributed by atoms with Crippen LogP contribution in [0.15, 0.2) is 218 Å². The molecular weight excluding hydrogens is 833 g/mol. The minimum atomic E-state index is -0.110. The third-order valence-corrected chi connectivity index (χ3v) is 14.9. The Morgan fingerprint density at radius 1 is 0.358 bits per heavy atom. The van der Waals surface area contributed by atoms with Crippen molar-refractivity contribution in [1.29, 1.82) is 0 Å². The maximum Gasteiger partial charge on any atom is 0.164 e. The zero-order valence-electron chi connectivity index (χ0n) is 37.0. The molecule has 1 aliphatic rings. The smallest absolute Gasteiger partial charge is 0.164 e. The third kappa shape index (κ3) is 6.53. The van der Waals surface area contributed by atoms with Gasteiger partial charge in [-0.05, 0) is 110 Å². The molecule has 2 aromatic heterocycles. The van der Waals surface area contributed by atoms with Gasteiger partial charge in [-0.15, -0.1) is 11.3 Å². The van der Waals surface area contributed by atoms with Gasteiger partial charge < -0.3 is 4.90 Å². The number of benzene rings is 10. The molecule has 0 bridgehead atoms. The van der Waals surface area contributed by atoms with Crippen LogP contribution in [0, 0.1) is 0 Å². The standard InChI is InChI=1S/C62H42N4S/c1-62(2)55-23-13-11-21-48(55)49-34-32-47(37-56(49)62)66(45-19-7-4-8-20-45)46-30-27-40(28-31-46)52-38-54-50-22-12-14-24-57(50)67-58(54)51-33-29-44(36-53(51)52)61-64-59(41-16-5-3-6-17-41)63-60(65-61)43-26-25-39-15-9-10-18-42(39)35-43/h3-38H,1-2H3. The quantitative estimate of drug-likeness (QED) is 0.160. The molecule has 13 rings (SSSR count). The van der Waals surface area contributed by atoms with Crippen molar-refractivity contribution >= 4 is 70.1 Å². The van der Waals surface area contributed by atoms with Crippen molar-refractivity contribution in [1.82, 2.24) is 15.0 Å². The summed E-state index contributed by atoms with van der Waals surface area (Å²) in [6.45, 7) is 4.69. The lowest BCUT2D eigenvalue weighted by Gasteiger charge is -2.28. The lowest BCUT2D eigenvalue weighted by atomic mass is 9.82. The second-order valence-electron chi connectivity index (χ2n) is 18.0. The van der Waals surface area contributed by atoms with E-state index in [1.807, 2.05) is 29.5 Å². The van der Waals surface area contributed by atoms with E-state index in [1.165, 1.54) is 53.2 Å². The molecule has 0 atom stereocenters. The molecular formula is C62H42N4S. The van der Waals surface area contributed by atoms with Crippen LogP contribution in [-0.2, 0) is 5.41 Å². The molecule has 5 heteroatoms. The monoisotopic (exact) mass is 874 g/mol. The lowest BCUT2D eigenvalue weighted by molar-refractivity contribution is 0.660. The summed E-state index contributed by atoms with van der Waals surface area (Å²) < 4.78 is 2.55. The molecule has 1 aliphatic carbocycles. The molecule has 0 radical (unpaired) electrons. The predicted octanol–water partition coefficient (Wildman–Crippen LogP) is 17.0. The van der Waals surface area contributed by atoms with Crippen LogP contribution in [0.2, 0.25) is 0 Å². The van der Waals surface area contributed by atoms with Crippen LogP contribution >= 0.6 is 11.3 Å². The summed E-state index contributed by atoms with van der Waals surface area (Å²) in [7, 11) is 0. The summed E-state index contributed by atoms with van der Waals surface area (Å²) in [5.74, 6) is 1.92. The van der Waals surface area contributed by atoms with Crippen molar-refractivity contribution in [2.24, 2.45) is 0 Å². The van der Waals surface area contributed by atoms with Gasteiger partial charge in [-0.3, -0.25) is 0 Å². The SMILES string of the molecule is CC1(C)c2ccccc2-c2ccc(N(c3ccccc3)c3ccc(-c4cc5c6ccccc6sc5c5ccc(-c6nc(-c7ccccc7)nc(-c7ccc8ccccc8c7)n6)cc45)cc3)cc21. The average Bonchev–Trinajstić information content (AvgIpc) is 3.88. The number of para-hydroxylation sites is 1. The fourth-order valence-corrected chi connectivity index (χ4v) is 11.5. The fourth-order valence-electron chi connectivity index (χ4n) is 10.3. The Morgan fingerprint density at radius 2 is 0.955 bits per heavy atom. The second kappa shape index (κ2) is 15.4. The van der Waals surface area contributed by atoms with E-state index in [9.17, 15) is 0 Å². The van der Waals surface area contributed by atoms with Crippen LogP contribution in [-0.4, -0.2) is 15.0 Å². The molecule has 0 N–H and O–H groups in total. The molecule has 4 nitrogen and oxygen atoms in total. The van der Waals surface area contributed by atoms with E-state index < -0.39 is 0 Å².